The third-order valence-corrected chi connectivity index (χ3v) is 4.31. The highest BCUT2D eigenvalue weighted by molar-refractivity contribution is 6.30. The molecule has 0 spiro atoms. The van der Waals surface area contributed by atoms with Gasteiger partial charge in [-0.25, -0.2) is 9.97 Å². The molecule has 1 aliphatic heterocycles. The number of rotatable bonds is 3. The van der Waals surface area contributed by atoms with Crippen molar-refractivity contribution < 1.29 is 4.79 Å². The fourth-order valence-electron chi connectivity index (χ4n) is 2.76. The summed E-state index contributed by atoms with van der Waals surface area (Å²) in [7, 11) is 0. The van der Waals surface area contributed by atoms with Crippen LogP contribution in [0.3, 0.4) is 0 Å². The molecule has 0 saturated carbocycles. The number of pyridine rings is 2. The van der Waals surface area contributed by atoms with Gasteiger partial charge in [0.1, 0.15) is 11.0 Å². The molecule has 1 aliphatic rings. The first-order valence-electron chi connectivity index (χ1n) is 7.51. The average Bonchev–Trinajstić information content (AvgIpc) is 2.39. The van der Waals surface area contributed by atoms with Crippen LogP contribution in [-0.4, -0.2) is 39.9 Å². The summed E-state index contributed by atoms with van der Waals surface area (Å²) in [5.41, 5.74) is 6.63. The number of aromatic nitrogens is 2. The monoisotopic (exact) mass is 333 g/mol. The number of nitrogens with zero attached hydrogens (tertiary/aromatic N) is 3. The smallest absolute Gasteiger partial charge is 0.219 e. The van der Waals surface area contributed by atoms with E-state index < -0.39 is 5.54 Å². The zero-order valence-corrected chi connectivity index (χ0v) is 14.2. The minimum Gasteiger partial charge on any atom is -0.363 e. The van der Waals surface area contributed by atoms with Crippen LogP contribution in [0.2, 0.25) is 5.15 Å². The minimum absolute atomic E-state index is 0.0922. The molecule has 0 atom stereocenters. The molecule has 2 aromatic heterocycles. The van der Waals surface area contributed by atoms with Gasteiger partial charge >= 0.3 is 0 Å². The van der Waals surface area contributed by atoms with E-state index >= 15 is 0 Å². The summed E-state index contributed by atoms with van der Waals surface area (Å²) in [6, 6.07) is 2.01. The first-order valence-corrected chi connectivity index (χ1v) is 7.89. The average molecular weight is 334 g/mol. The molecule has 7 heteroatoms. The predicted octanol–water partition coefficient (Wildman–Crippen LogP) is 2.12. The largest absolute Gasteiger partial charge is 0.363 e. The van der Waals surface area contributed by atoms with E-state index in [2.05, 4.69) is 15.3 Å². The van der Waals surface area contributed by atoms with Crippen LogP contribution >= 0.6 is 11.6 Å². The summed E-state index contributed by atoms with van der Waals surface area (Å²) in [5, 5.41) is 5.62. The molecule has 6 nitrogen and oxygen atoms in total. The molecule has 0 radical (unpaired) electrons. The molecule has 0 aliphatic carbocycles. The standard InChI is InChI=1S/C16H20ClN5O/c1-9(23)22-7-10(8-22)21-15-12-5-19-14(17)4-11(12)13(6-20-15)16(2,3)18/h4-6,10H,7-8,18H2,1-3H3,(H,20,21). The second-order valence-corrected chi connectivity index (χ2v) is 6.95. The zero-order valence-electron chi connectivity index (χ0n) is 13.4. The number of amides is 1. The van der Waals surface area contributed by atoms with Crippen LogP contribution < -0.4 is 11.1 Å². The van der Waals surface area contributed by atoms with E-state index in [-0.39, 0.29) is 11.9 Å². The van der Waals surface area contributed by atoms with Crippen LogP contribution in [0.15, 0.2) is 18.5 Å². The maximum Gasteiger partial charge on any atom is 0.219 e. The van der Waals surface area contributed by atoms with E-state index in [4.69, 9.17) is 17.3 Å². The van der Waals surface area contributed by atoms with Gasteiger partial charge in [-0.2, -0.15) is 0 Å². The van der Waals surface area contributed by atoms with Crippen molar-refractivity contribution in [3.8, 4) is 0 Å². The lowest BCUT2D eigenvalue weighted by Crippen LogP contribution is -2.56. The van der Waals surface area contributed by atoms with Crippen molar-refractivity contribution in [2.45, 2.75) is 32.4 Å². The number of anilines is 1. The molecule has 0 unspecified atom stereocenters. The Balaban J connectivity index is 1.95. The Bertz CT molecular complexity index is 765. The van der Waals surface area contributed by atoms with Crippen molar-refractivity contribution in [3.05, 3.63) is 29.2 Å². The lowest BCUT2D eigenvalue weighted by Gasteiger charge is -2.39. The number of nitrogens with two attached hydrogens (primary N) is 1. The Morgan fingerprint density at radius 1 is 1.35 bits per heavy atom. The summed E-state index contributed by atoms with van der Waals surface area (Å²) in [6.45, 7) is 6.81. The van der Waals surface area contributed by atoms with Crippen molar-refractivity contribution >= 4 is 34.1 Å². The van der Waals surface area contributed by atoms with E-state index in [1.807, 2.05) is 19.9 Å². The van der Waals surface area contributed by atoms with Gasteiger partial charge in [0.05, 0.1) is 6.04 Å². The highest BCUT2D eigenvalue weighted by atomic mass is 35.5. The quantitative estimate of drug-likeness (QED) is 0.840. The van der Waals surface area contributed by atoms with E-state index in [1.165, 1.54) is 0 Å². The molecular formula is C16H20ClN5O. The fourth-order valence-corrected chi connectivity index (χ4v) is 2.92. The van der Waals surface area contributed by atoms with Crippen LogP contribution in [0, 0.1) is 0 Å². The lowest BCUT2D eigenvalue weighted by atomic mass is 9.93. The summed E-state index contributed by atoms with van der Waals surface area (Å²) in [6.07, 6.45) is 3.49. The summed E-state index contributed by atoms with van der Waals surface area (Å²) in [4.78, 5) is 21.7. The Morgan fingerprint density at radius 2 is 2.04 bits per heavy atom. The van der Waals surface area contributed by atoms with Gasteiger partial charge < -0.3 is 16.0 Å². The third kappa shape index (κ3) is 3.09. The molecular weight excluding hydrogens is 314 g/mol. The van der Waals surface area contributed by atoms with E-state index in [1.54, 1.807) is 24.2 Å². The van der Waals surface area contributed by atoms with E-state index in [9.17, 15) is 4.79 Å². The second-order valence-electron chi connectivity index (χ2n) is 6.56. The van der Waals surface area contributed by atoms with Gasteiger partial charge in [0.15, 0.2) is 0 Å². The van der Waals surface area contributed by atoms with Crippen molar-refractivity contribution in [2.75, 3.05) is 18.4 Å². The number of halogens is 1. The molecule has 3 heterocycles. The maximum absolute atomic E-state index is 11.3. The number of hydrogen-bond acceptors (Lipinski definition) is 5. The predicted molar refractivity (Wildman–Crippen MR) is 91.4 cm³/mol. The molecule has 3 N–H and O–H groups in total. The van der Waals surface area contributed by atoms with Gasteiger partial charge in [-0.1, -0.05) is 11.6 Å². The van der Waals surface area contributed by atoms with Crippen LogP contribution in [0.5, 0.6) is 0 Å². The molecule has 122 valence electrons. The van der Waals surface area contributed by atoms with Crippen LogP contribution in [0.1, 0.15) is 26.3 Å². The fraction of sp³-hybridized carbons (Fsp3) is 0.438. The molecule has 2 aromatic rings. The Morgan fingerprint density at radius 3 is 2.65 bits per heavy atom. The number of fused-ring (bicyclic) bond motifs is 1. The summed E-state index contributed by atoms with van der Waals surface area (Å²) >= 11 is 6.05. The van der Waals surface area contributed by atoms with Crippen molar-refractivity contribution in [3.63, 3.8) is 0 Å². The second kappa shape index (κ2) is 5.62. The molecule has 0 bridgehead atoms. The highest BCUT2D eigenvalue weighted by Gasteiger charge is 2.29. The number of nitrogens with one attached hydrogen (secondary N) is 1. The molecule has 1 amide bonds. The number of carbonyl (C=O) groups excluding carboxylic acids is 1. The summed E-state index contributed by atoms with van der Waals surface area (Å²) < 4.78 is 0. The number of carbonyl (C=O) groups is 1. The Labute approximate surface area is 140 Å². The van der Waals surface area contributed by atoms with E-state index in [0.29, 0.717) is 18.2 Å². The minimum atomic E-state index is -0.531. The Hall–Kier alpha value is -1.92. The third-order valence-electron chi connectivity index (χ3n) is 4.10. The first-order chi connectivity index (χ1) is 10.8. The summed E-state index contributed by atoms with van der Waals surface area (Å²) in [5.74, 6) is 0.833. The van der Waals surface area contributed by atoms with Gasteiger partial charge in [-0.15, -0.1) is 0 Å². The topological polar surface area (TPSA) is 84.1 Å². The molecule has 1 saturated heterocycles. The Kier molecular flexibility index (Phi) is 3.90. The van der Waals surface area contributed by atoms with Crippen molar-refractivity contribution in [1.82, 2.24) is 14.9 Å². The zero-order chi connectivity index (χ0) is 16.8. The first kappa shape index (κ1) is 16.0. The lowest BCUT2D eigenvalue weighted by molar-refractivity contribution is -0.132. The van der Waals surface area contributed by atoms with Crippen molar-refractivity contribution in [2.24, 2.45) is 5.73 Å². The van der Waals surface area contributed by atoms with Gasteiger partial charge in [0.2, 0.25) is 5.91 Å². The van der Waals surface area contributed by atoms with E-state index in [0.717, 1.165) is 22.2 Å². The SMILES string of the molecule is CC(=O)N1CC(Nc2ncc(C(C)(C)N)c3cc(Cl)ncc23)C1. The van der Waals surface area contributed by atoms with Gasteiger partial charge in [0, 0.05) is 43.3 Å². The van der Waals surface area contributed by atoms with Gasteiger partial charge in [-0.3, -0.25) is 4.79 Å². The normalized spacial score (nSPS) is 15.6. The molecule has 0 aromatic carbocycles. The van der Waals surface area contributed by atoms with Crippen LogP contribution in [0.25, 0.3) is 10.8 Å². The van der Waals surface area contributed by atoms with Gasteiger partial charge in [0.25, 0.3) is 0 Å². The maximum atomic E-state index is 11.3. The molecule has 3 rings (SSSR count). The highest BCUT2D eigenvalue weighted by Crippen LogP contribution is 2.31. The molecule has 1 fully saturated rings. The van der Waals surface area contributed by atoms with Gasteiger partial charge in [-0.05, 0) is 30.9 Å². The molecule has 23 heavy (non-hydrogen) atoms. The van der Waals surface area contributed by atoms with Crippen LogP contribution in [-0.2, 0) is 10.3 Å². The van der Waals surface area contributed by atoms with Crippen molar-refractivity contribution in [1.29, 1.82) is 0 Å². The number of likely N-dealkylation sites (tertiary alicyclic amines) is 1. The van der Waals surface area contributed by atoms with Crippen LogP contribution in [0.4, 0.5) is 5.82 Å². The number of hydrogen-bond donors (Lipinski definition) is 2.